The fourth-order valence-electron chi connectivity index (χ4n) is 1.75. The number of nitrogens with one attached hydrogen (secondary N) is 1. The highest BCUT2D eigenvalue weighted by atomic mass is 16.3. The number of rotatable bonds is 10. The molecule has 1 atom stereocenters. The molecule has 0 saturated heterocycles. The van der Waals surface area contributed by atoms with Gasteiger partial charge >= 0.3 is 0 Å². The van der Waals surface area contributed by atoms with E-state index in [1.165, 1.54) is 32.1 Å². The molecule has 0 aliphatic carbocycles. The minimum absolute atomic E-state index is 0.166. The van der Waals surface area contributed by atoms with Gasteiger partial charge in [0.05, 0.1) is 6.10 Å². The summed E-state index contributed by atoms with van der Waals surface area (Å²) >= 11 is 0. The second-order valence-corrected chi connectivity index (χ2v) is 4.90. The summed E-state index contributed by atoms with van der Waals surface area (Å²) in [4.78, 5) is 0. The molecule has 0 fully saturated rings. The zero-order chi connectivity index (χ0) is 11.5. The topological polar surface area (TPSA) is 32.3 Å². The van der Waals surface area contributed by atoms with E-state index in [-0.39, 0.29) is 6.10 Å². The van der Waals surface area contributed by atoms with Gasteiger partial charge in [-0.1, -0.05) is 46.5 Å². The average Bonchev–Trinajstić information content (AvgIpc) is 2.15. The van der Waals surface area contributed by atoms with Crippen LogP contribution in [0.3, 0.4) is 0 Å². The van der Waals surface area contributed by atoms with E-state index in [4.69, 9.17) is 0 Å². The summed E-state index contributed by atoms with van der Waals surface area (Å²) in [6.45, 7) is 8.34. The van der Waals surface area contributed by atoms with Gasteiger partial charge in [-0.25, -0.2) is 0 Å². The Morgan fingerprint density at radius 3 is 2.33 bits per heavy atom. The Bertz CT molecular complexity index is 126. The van der Waals surface area contributed by atoms with Crippen molar-refractivity contribution in [1.82, 2.24) is 5.32 Å². The zero-order valence-electron chi connectivity index (χ0n) is 10.8. The molecule has 0 aromatic rings. The number of aliphatic hydroxyl groups is 1. The molecule has 0 aromatic heterocycles. The van der Waals surface area contributed by atoms with Gasteiger partial charge in [-0.2, -0.15) is 0 Å². The highest BCUT2D eigenvalue weighted by Crippen LogP contribution is 2.04. The van der Waals surface area contributed by atoms with E-state index in [2.05, 4.69) is 26.1 Å². The number of aliphatic hydroxyl groups excluding tert-OH is 1. The Hall–Kier alpha value is -0.0800. The highest BCUT2D eigenvalue weighted by molar-refractivity contribution is 4.61. The molecule has 2 heteroatoms. The Balaban J connectivity index is 3.09. The van der Waals surface area contributed by atoms with Crippen LogP contribution in [-0.4, -0.2) is 24.3 Å². The smallest absolute Gasteiger partial charge is 0.0667 e. The van der Waals surface area contributed by atoms with Crippen LogP contribution in [-0.2, 0) is 0 Å². The maximum atomic E-state index is 9.60. The van der Waals surface area contributed by atoms with E-state index in [1.807, 2.05) is 0 Å². The third-order valence-electron chi connectivity index (χ3n) is 2.58. The maximum Gasteiger partial charge on any atom is 0.0667 e. The molecule has 15 heavy (non-hydrogen) atoms. The summed E-state index contributed by atoms with van der Waals surface area (Å²) in [6.07, 6.45) is 7.32. The van der Waals surface area contributed by atoms with Crippen molar-refractivity contribution >= 4 is 0 Å². The molecule has 0 aliphatic heterocycles. The van der Waals surface area contributed by atoms with Crippen LogP contribution in [0.1, 0.15) is 59.3 Å². The Labute approximate surface area is 95.5 Å². The fraction of sp³-hybridized carbons (Fsp3) is 1.00. The van der Waals surface area contributed by atoms with E-state index in [0.717, 1.165) is 19.5 Å². The summed E-state index contributed by atoms with van der Waals surface area (Å²) in [6, 6.07) is 0. The third-order valence-corrected chi connectivity index (χ3v) is 2.58. The van der Waals surface area contributed by atoms with Crippen molar-refractivity contribution < 1.29 is 5.11 Å². The third kappa shape index (κ3) is 11.8. The molecule has 0 saturated carbocycles. The normalized spacial score (nSPS) is 13.4. The minimum atomic E-state index is -0.166. The minimum Gasteiger partial charge on any atom is -0.392 e. The Morgan fingerprint density at radius 2 is 1.73 bits per heavy atom. The van der Waals surface area contributed by atoms with Crippen molar-refractivity contribution in [2.75, 3.05) is 13.1 Å². The monoisotopic (exact) mass is 215 g/mol. The van der Waals surface area contributed by atoms with Crippen molar-refractivity contribution in [2.45, 2.75) is 65.4 Å². The largest absolute Gasteiger partial charge is 0.392 e. The molecule has 2 N–H and O–H groups in total. The molecule has 0 amide bonds. The second kappa shape index (κ2) is 10.4. The van der Waals surface area contributed by atoms with Crippen molar-refractivity contribution in [3.8, 4) is 0 Å². The van der Waals surface area contributed by atoms with Crippen LogP contribution < -0.4 is 5.32 Å². The van der Waals surface area contributed by atoms with E-state index in [1.54, 1.807) is 0 Å². The van der Waals surface area contributed by atoms with Crippen LogP contribution in [0.2, 0.25) is 0 Å². The van der Waals surface area contributed by atoms with Gasteiger partial charge in [-0.3, -0.25) is 0 Å². The van der Waals surface area contributed by atoms with Crippen LogP contribution in [0.15, 0.2) is 0 Å². The molecule has 0 rings (SSSR count). The van der Waals surface area contributed by atoms with Gasteiger partial charge in [0.1, 0.15) is 0 Å². The SMILES string of the molecule is CCCCCCCNCC(O)CC(C)C. The predicted octanol–water partition coefficient (Wildman–Crippen LogP) is 2.95. The van der Waals surface area contributed by atoms with Crippen molar-refractivity contribution in [3.63, 3.8) is 0 Å². The molecule has 0 aliphatic rings. The second-order valence-electron chi connectivity index (χ2n) is 4.90. The first-order chi connectivity index (χ1) is 7.16. The van der Waals surface area contributed by atoms with Gasteiger partial charge in [0.15, 0.2) is 0 Å². The molecule has 0 aromatic carbocycles. The van der Waals surface area contributed by atoms with Crippen LogP contribution in [0.4, 0.5) is 0 Å². The predicted molar refractivity (Wildman–Crippen MR) is 67.1 cm³/mol. The first-order valence-corrected chi connectivity index (χ1v) is 6.55. The number of hydrogen-bond acceptors (Lipinski definition) is 2. The van der Waals surface area contributed by atoms with Crippen molar-refractivity contribution in [3.05, 3.63) is 0 Å². The van der Waals surface area contributed by atoms with Crippen LogP contribution in [0.25, 0.3) is 0 Å². The van der Waals surface area contributed by atoms with Crippen molar-refractivity contribution in [2.24, 2.45) is 5.92 Å². The molecule has 92 valence electrons. The summed E-state index contributed by atoms with van der Waals surface area (Å²) < 4.78 is 0. The van der Waals surface area contributed by atoms with Crippen LogP contribution >= 0.6 is 0 Å². The molecule has 0 heterocycles. The van der Waals surface area contributed by atoms with Gasteiger partial charge in [-0.05, 0) is 25.3 Å². The molecule has 0 spiro atoms. The van der Waals surface area contributed by atoms with E-state index < -0.39 is 0 Å². The lowest BCUT2D eigenvalue weighted by molar-refractivity contribution is 0.146. The molecule has 0 bridgehead atoms. The number of unbranched alkanes of at least 4 members (excludes halogenated alkanes) is 4. The molecule has 2 nitrogen and oxygen atoms in total. The summed E-state index contributed by atoms with van der Waals surface area (Å²) in [5.41, 5.74) is 0. The maximum absolute atomic E-state index is 9.60. The zero-order valence-corrected chi connectivity index (χ0v) is 10.8. The average molecular weight is 215 g/mol. The van der Waals surface area contributed by atoms with Gasteiger partial charge in [0, 0.05) is 6.54 Å². The molecule has 0 radical (unpaired) electrons. The fourth-order valence-corrected chi connectivity index (χ4v) is 1.75. The van der Waals surface area contributed by atoms with Crippen LogP contribution in [0.5, 0.6) is 0 Å². The first kappa shape index (κ1) is 14.9. The van der Waals surface area contributed by atoms with E-state index in [9.17, 15) is 5.11 Å². The van der Waals surface area contributed by atoms with Gasteiger partial charge in [0.2, 0.25) is 0 Å². The summed E-state index contributed by atoms with van der Waals surface area (Å²) in [7, 11) is 0. The van der Waals surface area contributed by atoms with E-state index >= 15 is 0 Å². The van der Waals surface area contributed by atoms with Crippen LogP contribution in [0, 0.1) is 5.92 Å². The van der Waals surface area contributed by atoms with Crippen molar-refractivity contribution in [1.29, 1.82) is 0 Å². The highest BCUT2D eigenvalue weighted by Gasteiger charge is 2.05. The first-order valence-electron chi connectivity index (χ1n) is 6.55. The van der Waals surface area contributed by atoms with Gasteiger partial charge in [0.25, 0.3) is 0 Å². The molecular formula is C13H29NO. The van der Waals surface area contributed by atoms with Gasteiger partial charge < -0.3 is 10.4 Å². The van der Waals surface area contributed by atoms with E-state index in [0.29, 0.717) is 5.92 Å². The summed E-state index contributed by atoms with van der Waals surface area (Å²) in [5.74, 6) is 0.589. The molecular weight excluding hydrogens is 186 g/mol. The summed E-state index contributed by atoms with van der Waals surface area (Å²) in [5, 5.41) is 12.9. The lowest BCUT2D eigenvalue weighted by Gasteiger charge is -2.13. The Kier molecular flexibility index (Phi) is 10.4. The standard InChI is InChI=1S/C13H29NO/c1-4-5-6-7-8-9-14-11-13(15)10-12(2)3/h12-15H,4-11H2,1-3H3. The lowest BCUT2D eigenvalue weighted by Crippen LogP contribution is -2.28. The molecule has 1 unspecified atom stereocenters. The lowest BCUT2D eigenvalue weighted by atomic mass is 10.1. The quantitative estimate of drug-likeness (QED) is 0.549. The Morgan fingerprint density at radius 1 is 1.07 bits per heavy atom. The number of hydrogen-bond donors (Lipinski definition) is 2. The van der Waals surface area contributed by atoms with Gasteiger partial charge in [-0.15, -0.1) is 0 Å².